The van der Waals surface area contributed by atoms with E-state index in [1.165, 1.54) is 6.33 Å². The average Bonchev–Trinajstić information content (AvgIpc) is 2.77. The summed E-state index contributed by atoms with van der Waals surface area (Å²) in [5.74, 6) is 1.04. The fraction of sp³-hybridized carbons (Fsp3) is 0.100. The molecule has 0 N–H and O–H groups in total. The van der Waals surface area contributed by atoms with Gasteiger partial charge in [0.15, 0.2) is 5.65 Å². The summed E-state index contributed by atoms with van der Waals surface area (Å²) in [6.07, 6.45) is 1.51. The largest absolute Gasteiger partial charge is 0.231 e. The lowest BCUT2D eigenvalue weighted by Crippen LogP contribution is -2.00. The van der Waals surface area contributed by atoms with Crippen LogP contribution in [0.3, 0.4) is 0 Å². The summed E-state index contributed by atoms with van der Waals surface area (Å²) in [5.41, 5.74) is 1.70. The van der Waals surface area contributed by atoms with Gasteiger partial charge < -0.3 is 0 Å². The Hall–Kier alpha value is -1.68. The van der Waals surface area contributed by atoms with Crippen molar-refractivity contribution in [3.63, 3.8) is 0 Å². The van der Waals surface area contributed by atoms with E-state index >= 15 is 0 Å². The van der Waals surface area contributed by atoms with Gasteiger partial charge in [0.2, 0.25) is 0 Å². The molecule has 2 aromatic heterocycles. The molecule has 0 aliphatic carbocycles. The molecule has 0 radical (unpaired) electrons. The number of aromatic nitrogens is 4. The second-order valence-electron chi connectivity index (χ2n) is 3.17. The zero-order valence-electron chi connectivity index (χ0n) is 7.76. The van der Waals surface area contributed by atoms with Crippen molar-refractivity contribution in [2.75, 3.05) is 0 Å². The highest BCUT2D eigenvalue weighted by molar-refractivity contribution is 6.16. The van der Waals surface area contributed by atoms with Gasteiger partial charge in [-0.3, -0.25) is 0 Å². The summed E-state index contributed by atoms with van der Waals surface area (Å²) in [5, 5.41) is 5.09. The lowest BCUT2D eigenvalue weighted by atomic mass is 10.2. The number of alkyl halides is 1. The number of para-hydroxylation sites is 1. The molecule has 74 valence electrons. The molecule has 2 heterocycles. The van der Waals surface area contributed by atoms with E-state index in [9.17, 15) is 0 Å². The number of hydrogen-bond acceptors (Lipinski definition) is 3. The standard InChI is InChI=1S/C10H7ClN4/c11-5-9-14-8-4-2-1-3-7(8)10-12-6-13-15(9)10/h1-4,6H,5H2. The number of benzene rings is 1. The van der Waals surface area contributed by atoms with Crippen molar-refractivity contribution in [2.45, 2.75) is 5.88 Å². The van der Waals surface area contributed by atoms with Crippen LogP contribution < -0.4 is 0 Å². The third-order valence-electron chi connectivity index (χ3n) is 2.31. The molecule has 0 bridgehead atoms. The van der Waals surface area contributed by atoms with Crippen LogP contribution in [0.2, 0.25) is 0 Å². The van der Waals surface area contributed by atoms with Gasteiger partial charge in [-0.05, 0) is 12.1 Å². The molecular weight excluding hydrogens is 212 g/mol. The summed E-state index contributed by atoms with van der Waals surface area (Å²) in [7, 11) is 0. The molecule has 5 heteroatoms. The van der Waals surface area contributed by atoms with Crippen molar-refractivity contribution in [1.29, 1.82) is 0 Å². The Morgan fingerprint density at radius 1 is 1.27 bits per heavy atom. The zero-order chi connectivity index (χ0) is 10.3. The van der Waals surface area contributed by atoms with Gasteiger partial charge in [0.25, 0.3) is 0 Å². The van der Waals surface area contributed by atoms with Crippen LogP contribution in [0.15, 0.2) is 30.6 Å². The number of hydrogen-bond donors (Lipinski definition) is 0. The fourth-order valence-corrected chi connectivity index (χ4v) is 1.82. The van der Waals surface area contributed by atoms with Crippen molar-refractivity contribution < 1.29 is 0 Å². The van der Waals surface area contributed by atoms with E-state index in [1.54, 1.807) is 4.52 Å². The highest BCUT2D eigenvalue weighted by Crippen LogP contribution is 2.17. The molecule has 4 nitrogen and oxygen atoms in total. The molecule has 1 aromatic carbocycles. The number of halogens is 1. The first-order valence-electron chi connectivity index (χ1n) is 4.53. The van der Waals surface area contributed by atoms with E-state index in [0.29, 0.717) is 11.7 Å². The SMILES string of the molecule is ClCc1nc2ccccc2c2ncnn12. The number of fused-ring (bicyclic) bond motifs is 3. The Labute approximate surface area is 90.5 Å². The summed E-state index contributed by atoms with van der Waals surface area (Å²) < 4.78 is 1.68. The van der Waals surface area contributed by atoms with E-state index < -0.39 is 0 Å². The van der Waals surface area contributed by atoms with Crippen LogP contribution in [-0.4, -0.2) is 19.6 Å². The van der Waals surface area contributed by atoms with Gasteiger partial charge in [0.05, 0.1) is 11.4 Å². The lowest BCUT2D eigenvalue weighted by Gasteiger charge is -2.02. The number of nitrogens with zero attached hydrogens (tertiary/aromatic N) is 4. The maximum atomic E-state index is 5.81. The number of rotatable bonds is 1. The van der Waals surface area contributed by atoms with Gasteiger partial charge in [-0.15, -0.1) is 11.6 Å². The minimum atomic E-state index is 0.324. The van der Waals surface area contributed by atoms with E-state index in [0.717, 1.165) is 16.6 Å². The molecule has 3 rings (SSSR count). The Balaban J connectivity index is 2.57. The predicted octanol–water partition coefficient (Wildman–Crippen LogP) is 2.02. The Morgan fingerprint density at radius 3 is 3.00 bits per heavy atom. The quantitative estimate of drug-likeness (QED) is 0.587. The van der Waals surface area contributed by atoms with Crippen molar-refractivity contribution >= 4 is 28.2 Å². The lowest BCUT2D eigenvalue weighted by molar-refractivity contribution is 0.865. The van der Waals surface area contributed by atoms with Crippen LogP contribution in [-0.2, 0) is 5.88 Å². The van der Waals surface area contributed by atoms with Gasteiger partial charge in [-0.2, -0.15) is 9.61 Å². The summed E-state index contributed by atoms with van der Waals surface area (Å²) >= 11 is 5.81. The maximum absolute atomic E-state index is 5.81. The van der Waals surface area contributed by atoms with E-state index in [-0.39, 0.29) is 0 Å². The van der Waals surface area contributed by atoms with Crippen LogP contribution in [0.4, 0.5) is 0 Å². The first-order chi connectivity index (χ1) is 7.40. The van der Waals surface area contributed by atoms with Crippen molar-refractivity contribution in [1.82, 2.24) is 19.6 Å². The molecular formula is C10H7ClN4. The summed E-state index contributed by atoms with van der Waals surface area (Å²) in [6, 6.07) is 7.82. The first kappa shape index (κ1) is 8.61. The molecule has 0 spiro atoms. The zero-order valence-corrected chi connectivity index (χ0v) is 8.52. The van der Waals surface area contributed by atoms with Crippen LogP contribution in [0.1, 0.15) is 5.82 Å². The second-order valence-corrected chi connectivity index (χ2v) is 3.44. The molecule has 0 saturated heterocycles. The fourth-order valence-electron chi connectivity index (χ4n) is 1.65. The minimum absolute atomic E-state index is 0.324. The summed E-state index contributed by atoms with van der Waals surface area (Å²) in [6.45, 7) is 0. The molecule has 0 aliphatic heterocycles. The average molecular weight is 219 g/mol. The monoisotopic (exact) mass is 218 g/mol. The molecule has 0 atom stereocenters. The van der Waals surface area contributed by atoms with E-state index in [1.807, 2.05) is 24.3 Å². The Morgan fingerprint density at radius 2 is 2.13 bits per heavy atom. The van der Waals surface area contributed by atoms with Gasteiger partial charge >= 0.3 is 0 Å². The molecule has 0 fully saturated rings. The van der Waals surface area contributed by atoms with Crippen LogP contribution in [0.5, 0.6) is 0 Å². The molecule has 0 unspecified atom stereocenters. The molecule has 0 saturated carbocycles. The smallest absolute Gasteiger partial charge is 0.166 e. The van der Waals surface area contributed by atoms with Gasteiger partial charge in [0.1, 0.15) is 12.2 Å². The maximum Gasteiger partial charge on any atom is 0.166 e. The van der Waals surface area contributed by atoms with Gasteiger partial charge in [-0.1, -0.05) is 12.1 Å². The van der Waals surface area contributed by atoms with Gasteiger partial charge in [0, 0.05) is 5.39 Å². The van der Waals surface area contributed by atoms with E-state index in [4.69, 9.17) is 11.6 Å². The Bertz CT molecular complexity index is 631. The molecule has 0 amide bonds. The molecule has 0 aliphatic rings. The minimum Gasteiger partial charge on any atom is -0.231 e. The molecule has 15 heavy (non-hydrogen) atoms. The van der Waals surface area contributed by atoms with Crippen LogP contribution in [0.25, 0.3) is 16.6 Å². The van der Waals surface area contributed by atoms with Crippen molar-refractivity contribution in [2.24, 2.45) is 0 Å². The highest BCUT2D eigenvalue weighted by atomic mass is 35.5. The van der Waals surface area contributed by atoms with Crippen LogP contribution >= 0.6 is 11.6 Å². The van der Waals surface area contributed by atoms with E-state index in [2.05, 4.69) is 15.1 Å². The first-order valence-corrected chi connectivity index (χ1v) is 5.07. The second kappa shape index (κ2) is 3.17. The molecule has 3 aromatic rings. The predicted molar refractivity (Wildman–Crippen MR) is 57.8 cm³/mol. The van der Waals surface area contributed by atoms with Crippen molar-refractivity contribution in [3.05, 3.63) is 36.4 Å². The Kier molecular flexibility index (Phi) is 1.82. The topological polar surface area (TPSA) is 43.1 Å². The third-order valence-corrected chi connectivity index (χ3v) is 2.55. The normalized spacial score (nSPS) is 11.3. The third kappa shape index (κ3) is 1.18. The van der Waals surface area contributed by atoms with Crippen LogP contribution in [0, 0.1) is 0 Å². The summed E-state index contributed by atoms with van der Waals surface area (Å²) in [4.78, 5) is 8.63. The van der Waals surface area contributed by atoms with Crippen molar-refractivity contribution in [3.8, 4) is 0 Å². The highest BCUT2D eigenvalue weighted by Gasteiger charge is 2.07. The van der Waals surface area contributed by atoms with Gasteiger partial charge in [-0.25, -0.2) is 9.97 Å².